The first-order valence-corrected chi connectivity index (χ1v) is 10.2. The van der Waals surface area contributed by atoms with Crippen LogP contribution in [0.3, 0.4) is 0 Å². The second kappa shape index (κ2) is 9.57. The van der Waals surface area contributed by atoms with E-state index in [2.05, 4.69) is 36.9 Å². The van der Waals surface area contributed by atoms with Crippen LogP contribution in [0.4, 0.5) is 5.69 Å². The number of aromatic nitrogens is 2. The Morgan fingerprint density at radius 3 is 2.19 bits per heavy atom. The van der Waals surface area contributed by atoms with Crippen molar-refractivity contribution in [2.75, 3.05) is 12.4 Å². The fourth-order valence-electron chi connectivity index (χ4n) is 2.87. The standard InChI is InChI=1S/C22H22BrN5O3/c1-13(25-26-22(30)20-19(23)14(2)27-28(20)3)15-5-9-17(10-6-15)24-21(29)16-7-11-18(31-4)12-8-16/h5-12H,1-4H3,(H,24,29)(H,26,30)/b25-13-. The van der Waals surface area contributed by atoms with E-state index >= 15 is 0 Å². The van der Waals surface area contributed by atoms with Gasteiger partial charge in [-0.25, -0.2) is 5.43 Å². The molecule has 2 amide bonds. The molecule has 160 valence electrons. The molecular weight excluding hydrogens is 462 g/mol. The molecule has 0 atom stereocenters. The highest BCUT2D eigenvalue weighted by molar-refractivity contribution is 9.10. The molecule has 0 aliphatic carbocycles. The van der Waals surface area contributed by atoms with Gasteiger partial charge in [-0.15, -0.1) is 0 Å². The van der Waals surface area contributed by atoms with Crippen molar-refractivity contribution >= 4 is 39.1 Å². The van der Waals surface area contributed by atoms with Gasteiger partial charge < -0.3 is 10.1 Å². The maximum atomic E-state index is 12.4. The zero-order chi connectivity index (χ0) is 22.5. The zero-order valence-electron chi connectivity index (χ0n) is 17.6. The van der Waals surface area contributed by atoms with Gasteiger partial charge in [-0.2, -0.15) is 10.2 Å². The van der Waals surface area contributed by atoms with Crippen LogP contribution in [0, 0.1) is 6.92 Å². The van der Waals surface area contributed by atoms with Crippen LogP contribution in [0.1, 0.15) is 39.0 Å². The molecule has 3 rings (SSSR count). The summed E-state index contributed by atoms with van der Waals surface area (Å²) in [4.78, 5) is 24.8. The number of rotatable bonds is 6. The van der Waals surface area contributed by atoms with Crippen LogP contribution in [0.5, 0.6) is 5.75 Å². The third-order valence-electron chi connectivity index (χ3n) is 4.60. The molecule has 1 heterocycles. The normalized spacial score (nSPS) is 11.2. The molecule has 0 saturated heterocycles. The molecule has 0 aliphatic rings. The first kappa shape index (κ1) is 22.2. The minimum atomic E-state index is -0.363. The lowest BCUT2D eigenvalue weighted by Gasteiger charge is -2.08. The number of methoxy groups -OCH3 is 1. The second-order valence-electron chi connectivity index (χ2n) is 6.77. The Labute approximate surface area is 188 Å². The number of hydrogen-bond acceptors (Lipinski definition) is 5. The van der Waals surface area contributed by atoms with E-state index in [1.165, 1.54) is 4.68 Å². The van der Waals surface area contributed by atoms with Crippen molar-refractivity contribution in [1.82, 2.24) is 15.2 Å². The molecule has 2 aromatic carbocycles. The number of ether oxygens (including phenoxy) is 1. The predicted molar refractivity (Wildman–Crippen MR) is 123 cm³/mol. The monoisotopic (exact) mass is 483 g/mol. The van der Waals surface area contributed by atoms with Crippen molar-refractivity contribution in [3.63, 3.8) is 0 Å². The number of amides is 2. The lowest BCUT2D eigenvalue weighted by molar-refractivity contribution is 0.0944. The Balaban J connectivity index is 1.64. The summed E-state index contributed by atoms with van der Waals surface area (Å²) in [6.07, 6.45) is 0. The number of nitrogens with zero attached hydrogens (tertiary/aromatic N) is 3. The summed E-state index contributed by atoms with van der Waals surface area (Å²) in [7, 11) is 3.27. The maximum absolute atomic E-state index is 12.4. The number of carbonyl (C=O) groups is 2. The number of aryl methyl sites for hydroxylation is 2. The Kier molecular flexibility index (Phi) is 6.86. The highest BCUT2D eigenvalue weighted by atomic mass is 79.9. The van der Waals surface area contributed by atoms with Gasteiger partial charge in [0, 0.05) is 18.3 Å². The summed E-state index contributed by atoms with van der Waals surface area (Å²) in [5.41, 5.74) is 6.27. The van der Waals surface area contributed by atoms with Crippen LogP contribution in [-0.2, 0) is 7.05 Å². The number of anilines is 1. The molecule has 0 fully saturated rings. The SMILES string of the molecule is COc1ccc(C(=O)Nc2ccc(/C(C)=N\NC(=O)c3c(Br)c(C)nn3C)cc2)cc1. The van der Waals surface area contributed by atoms with E-state index in [4.69, 9.17) is 4.74 Å². The lowest BCUT2D eigenvalue weighted by atomic mass is 10.1. The number of hydrazone groups is 1. The minimum absolute atomic E-state index is 0.217. The van der Waals surface area contributed by atoms with Gasteiger partial charge in [0.1, 0.15) is 11.4 Å². The van der Waals surface area contributed by atoms with Crippen molar-refractivity contribution in [1.29, 1.82) is 0 Å². The van der Waals surface area contributed by atoms with E-state index in [1.54, 1.807) is 57.5 Å². The minimum Gasteiger partial charge on any atom is -0.497 e. The van der Waals surface area contributed by atoms with Gasteiger partial charge in [0.25, 0.3) is 11.8 Å². The fourth-order valence-corrected chi connectivity index (χ4v) is 3.39. The van der Waals surface area contributed by atoms with Gasteiger partial charge in [-0.1, -0.05) is 12.1 Å². The van der Waals surface area contributed by atoms with Crippen LogP contribution < -0.4 is 15.5 Å². The number of halogens is 1. The van der Waals surface area contributed by atoms with Crippen molar-refractivity contribution in [2.24, 2.45) is 12.1 Å². The molecule has 0 radical (unpaired) electrons. The molecule has 0 aliphatic heterocycles. The molecule has 0 spiro atoms. The van der Waals surface area contributed by atoms with Gasteiger partial charge >= 0.3 is 0 Å². The number of hydrogen-bond donors (Lipinski definition) is 2. The molecule has 1 aromatic heterocycles. The Bertz CT molecular complexity index is 1140. The third kappa shape index (κ3) is 5.18. The van der Waals surface area contributed by atoms with E-state index in [1.807, 2.05) is 19.1 Å². The molecule has 31 heavy (non-hydrogen) atoms. The summed E-state index contributed by atoms with van der Waals surface area (Å²) in [6, 6.07) is 14.1. The summed E-state index contributed by atoms with van der Waals surface area (Å²) >= 11 is 3.37. The number of nitrogens with one attached hydrogen (secondary N) is 2. The second-order valence-corrected chi connectivity index (χ2v) is 7.56. The molecule has 0 saturated carbocycles. The summed E-state index contributed by atoms with van der Waals surface area (Å²) in [5, 5.41) is 11.2. The van der Waals surface area contributed by atoms with Gasteiger partial charge in [0.15, 0.2) is 0 Å². The van der Waals surface area contributed by atoms with Gasteiger partial charge in [0.2, 0.25) is 0 Å². The first-order chi connectivity index (χ1) is 14.8. The van der Waals surface area contributed by atoms with E-state index in [0.717, 1.165) is 11.3 Å². The highest BCUT2D eigenvalue weighted by Crippen LogP contribution is 2.20. The smallest absolute Gasteiger partial charge is 0.290 e. The average Bonchev–Trinajstić information content (AvgIpc) is 3.03. The van der Waals surface area contributed by atoms with Crippen LogP contribution in [-0.4, -0.2) is 34.4 Å². The quantitative estimate of drug-likeness (QED) is 0.410. The topological polar surface area (TPSA) is 97.6 Å². The molecular formula is C22H22BrN5O3. The summed E-state index contributed by atoms with van der Waals surface area (Å²) < 4.78 is 7.24. The van der Waals surface area contributed by atoms with Crippen LogP contribution in [0.25, 0.3) is 0 Å². The number of carbonyl (C=O) groups excluding carboxylic acids is 2. The van der Waals surface area contributed by atoms with Crippen molar-refractivity contribution in [3.8, 4) is 5.75 Å². The van der Waals surface area contributed by atoms with Crippen molar-refractivity contribution in [2.45, 2.75) is 13.8 Å². The Hall–Kier alpha value is -3.46. The lowest BCUT2D eigenvalue weighted by Crippen LogP contribution is -2.22. The Morgan fingerprint density at radius 2 is 1.65 bits per heavy atom. The van der Waals surface area contributed by atoms with E-state index in [9.17, 15) is 9.59 Å². The maximum Gasteiger partial charge on any atom is 0.290 e. The van der Waals surface area contributed by atoms with Gasteiger partial charge in [0.05, 0.1) is 23.0 Å². The predicted octanol–water partition coefficient (Wildman–Crippen LogP) is 3.91. The summed E-state index contributed by atoms with van der Waals surface area (Å²) in [5.74, 6) is 0.108. The summed E-state index contributed by atoms with van der Waals surface area (Å²) in [6.45, 7) is 3.60. The van der Waals surface area contributed by atoms with Gasteiger partial charge in [-0.05, 0) is 71.7 Å². The third-order valence-corrected chi connectivity index (χ3v) is 5.55. The average molecular weight is 484 g/mol. The zero-order valence-corrected chi connectivity index (χ0v) is 19.1. The first-order valence-electron chi connectivity index (χ1n) is 9.39. The fraction of sp³-hybridized carbons (Fsp3) is 0.182. The van der Waals surface area contributed by atoms with E-state index < -0.39 is 0 Å². The molecule has 9 heteroatoms. The molecule has 0 bridgehead atoms. The molecule has 2 N–H and O–H groups in total. The largest absolute Gasteiger partial charge is 0.497 e. The Morgan fingerprint density at radius 1 is 1.03 bits per heavy atom. The molecule has 8 nitrogen and oxygen atoms in total. The van der Waals surface area contributed by atoms with Crippen LogP contribution >= 0.6 is 15.9 Å². The van der Waals surface area contributed by atoms with E-state index in [-0.39, 0.29) is 11.8 Å². The van der Waals surface area contributed by atoms with Gasteiger partial charge in [-0.3, -0.25) is 14.3 Å². The van der Waals surface area contributed by atoms with Crippen LogP contribution in [0.2, 0.25) is 0 Å². The number of benzene rings is 2. The highest BCUT2D eigenvalue weighted by Gasteiger charge is 2.18. The van der Waals surface area contributed by atoms with Crippen molar-refractivity contribution in [3.05, 3.63) is 75.5 Å². The van der Waals surface area contributed by atoms with Crippen molar-refractivity contribution < 1.29 is 14.3 Å². The van der Waals surface area contributed by atoms with Crippen LogP contribution in [0.15, 0.2) is 58.1 Å². The molecule has 3 aromatic rings. The molecule has 0 unspecified atom stereocenters. The van der Waals surface area contributed by atoms with E-state index in [0.29, 0.717) is 32.9 Å².